The van der Waals surface area contributed by atoms with Gasteiger partial charge in [0.1, 0.15) is 21.5 Å². The van der Waals surface area contributed by atoms with Gasteiger partial charge in [-0.25, -0.2) is 9.78 Å². The molecule has 0 aliphatic carbocycles. The number of aromatic nitrogens is 1. The summed E-state index contributed by atoms with van der Waals surface area (Å²) in [5.41, 5.74) is 0.564. The molecule has 0 aromatic carbocycles. The standard InChI is InChI=1S/C15H9N3O3S3/c1-21-14(20)10-5-4-9(23-10)13(19)18-15-17-12(11(7-16)24-15)8-3-2-6-22-8/h2-6H,1H3,(H,17,18,19). The van der Waals surface area contributed by atoms with Gasteiger partial charge in [-0.15, -0.1) is 22.7 Å². The predicted molar refractivity (Wildman–Crippen MR) is 93.8 cm³/mol. The van der Waals surface area contributed by atoms with Gasteiger partial charge in [0.15, 0.2) is 5.13 Å². The molecule has 6 nitrogen and oxygen atoms in total. The molecular weight excluding hydrogens is 366 g/mol. The first kappa shape index (κ1) is 16.3. The molecule has 24 heavy (non-hydrogen) atoms. The molecule has 1 amide bonds. The zero-order chi connectivity index (χ0) is 17.1. The van der Waals surface area contributed by atoms with Gasteiger partial charge < -0.3 is 4.74 Å². The van der Waals surface area contributed by atoms with Gasteiger partial charge in [-0.1, -0.05) is 17.4 Å². The fraction of sp³-hybridized carbons (Fsp3) is 0.0667. The van der Waals surface area contributed by atoms with E-state index in [1.165, 1.54) is 24.5 Å². The van der Waals surface area contributed by atoms with Crippen LogP contribution in [-0.2, 0) is 4.74 Å². The van der Waals surface area contributed by atoms with Gasteiger partial charge in [-0.3, -0.25) is 10.1 Å². The quantitative estimate of drug-likeness (QED) is 0.699. The van der Waals surface area contributed by atoms with Crippen LogP contribution in [0.3, 0.4) is 0 Å². The lowest BCUT2D eigenvalue weighted by atomic mass is 10.3. The molecule has 0 saturated carbocycles. The number of carbonyl (C=O) groups is 2. The summed E-state index contributed by atoms with van der Waals surface area (Å²) in [6.07, 6.45) is 0. The highest BCUT2D eigenvalue weighted by molar-refractivity contribution is 7.18. The number of esters is 1. The van der Waals surface area contributed by atoms with Crippen molar-refractivity contribution in [1.29, 1.82) is 5.26 Å². The third kappa shape index (κ3) is 3.21. The number of nitrogens with zero attached hydrogens (tertiary/aromatic N) is 2. The first-order valence-electron chi connectivity index (χ1n) is 6.56. The van der Waals surface area contributed by atoms with E-state index in [4.69, 9.17) is 0 Å². The van der Waals surface area contributed by atoms with Crippen molar-refractivity contribution >= 4 is 51.0 Å². The summed E-state index contributed by atoms with van der Waals surface area (Å²) in [6, 6.07) is 8.92. The lowest BCUT2D eigenvalue weighted by Gasteiger charge is -1.98. The van der Waals surface area contributed by atoms with Crippen molar-refractivity contribution in [3.8, 4) is 16.6 Å². The van der Waals surface area contributed by atoms with Gasteiger partial charge in [-0.2, -0.15) is 5.26 Å². The van der Waals surface area contributed by atoms with Crippen molar-refractivity contribution in [3.05, 3.63) is 44.3 Å². The molecule has 3 heterocycles. The van der Waals surface area contributed by atoms with Gasteiger partial charge in [0, 0.05) is 0 Å². The van der Waals surface area contributed by atoms with E-state index in [0.717, 1.165) is 27.6 Å². The maximum atomic E-state index is 12.3. The molecule has 0 fully saturated rings. The van der Waals surface area contributed by atoms with Crippen LogP contribution in [0.4, 0.5) is 5.13 Å². The maximum absolute atomic E-state index is 12.3. The average molecular weight is 375 g/mol. The molecular formula is C15H9N3O3S3. The van der Waals surface area contributed by atoms with Crippen LogP contribution >= 0.6 is 34.0 Å². The SMILES string of the molecule is COC(=O)c1ccc(C(=O)Nc2nc(-c3cccs3)c(C#N)s2)s1. The zero-order valence-corrected chi connectivity index (χ0v) is 14.7. The van der Waals surface area contributed by atoms with E-state index in [9.17, 15) is 14.9 Å². The Bertz CT molecular complexity index is 935. The first-order chi connectivity index (χ1) is 11.6. The smallest absolute Gasteiger partial charge is 0.348 e. The number of ether oxygens (including phenoxy) is 1. The molecule has 3 rings (SSSR count). The van der Waals surface area contributed by atoms with Crippen LogP contribution in [0.15, 0.2) is 29.6 Å². The second-order valence-corrected chi connectivity index (χ2v) is 7.43. The maximum Gasteiger partial charge on any atom is 0.348 e. The van der Waals surface area contributed by atoms with E-state index in [0.29, 0.717) is 25.5 Å². The summed E-state index contributed by atoms with van der Waals surface area (Å²) in [6.45, 7) is 0. The third-order valence-corrected chi connectivity index (χ3v) is 5.74. The van der Waals surface area contributed by atoms with Crippen LogP contribution < -0.4 is 5.32 Å². The molecule has 0 saturated heterocycles. The van der Waals surface area contributed by atoms with E-state index < -0.39 is 5.97 Å². The van der Waals surface area contributed by atoms with Crippen LogP contribution in [0.5, 0.6) is 0 Å². The summed E-state index contributed by atoms with van der Waals surface area (Å²) in [4.78, 5) is 30.1. The predicted octanol–water partition coefficient (Wildman–Crippen LogP) is 3.84. The number of hydrogen-bond acceptors (Lipinski definition) is 8. The first-order valence-corrected chi connectivity index (χ1v) is 9.08. The molecule has 3 aromatic rings. The molecule has 0 spiro atoms. The number of hydrogen-bond donors (Lipinski definition) is 1. The molecule has 1 N–H and O–H groups in total. The van der Waals surface area contributed by atoms with Gasteiger partial charge in [0.2, 0.25) is 0 Å². The Morgan fingerprint density at radius 1 is 1.25 bits per heavy atom. The van der Waals surface area contributed by atoms with Gasteiger partial charge >= 0.3 is 5.97 Å². The lowest BCUT2D eigenvalue weighted by Crippen LogP contribution is -2.09. The Hall–Kier alpha value is -2.54. The molecule has 0 atom stereocenters. The largest absolute Gasteiger partial charge is 0.465 e. The van der Waals surface area contributed by atoms with Crippen molar-refractivity contribution in [1.82, 2.24) is 4.98 Å². The normalized spacial score (nSPS) is 10.2. The van der Waals surface area contributed by atoms with Crippen LogP contribution in [0.2, 0.25) is 0 Å². The van der Waals surface area contributed by atoms with Gasteiger partial charge in [0.25, 0.3) is 5.91 Å². The molecule has 9 heteroatoms. The second-order valence-electron chi connectivity index (χ2n) is 4.40. The number of nitrogens with one attached hydrogen (secondary N) is 1. The number of rotatable bonds is 4. The Morgan fingerprint density at radius 3 is 2.71 bits per heavy atom. The molecule has 0 aliphatic rings. The van der Waals surface area contributed by atoms with Crippen molar-refractivity contribution in [2.45, 2.75) is 0 Å². The van der Waals surface area contributed by atoms with Crippen LogP contribution in [0.1, 0.15) is 24.2 Å². The van der Waals surface area contributed by atoms with E-state index >= 15 is 0 Å². The van der Waals surface area contributed by atoms with Crippen molar-refractivity contribution in [3.63, 3.8) is 0 Å². The topological polar surface area (TPSA) is 92.1 Å². The van der Waals surface area contributed by atoms with E-state index in [-0.39, 0.29) is 5.91 Å². The summed E-state index contributed by atoms with van der Waals surface area (Å²) in [5.74, 6) is -0.869. The fourth-order valence-corrected chi connectivity index (χ4v) is 4.23. The van der Waals surface area contributed by atoms with Gasteiger partial charge in [0.05, 0.1) is 16.9 Å². The Kier molecular flexibility index (Phi) is 4.71. The van der Waals surface area contributed by atoms with Crippen molar-refractivity contribution < 1.29 is 14.3 Å². The minimum atomic E-state index is -0.486. The third-order valence-electron chi connectivity index (χ3n) is 2.92. The Labute approximate surface area is 149 Å². The number of thiophene rings is 2. The average Bonchev–Trinajstić information content (AvgIpc) is 3.32. The van der Waals surface area contributed by atoms with Gasteiger partial charge in [-0.05, 0) is 23.6 Å². The minimum Gasteiger partial charge on any atom is -0.465 e. The number of nitriles is 1. The lowest BCUT2D eigenvalue weighted by molar-refractivity contribution is 0.0606. The van der Waals surface area contributed by atoms with E-state index in [2.05, 4.69) is 21.1 Å². The zero-order valence-electron chi connectivity index (χ0n) is 12.2. The number of thiazole rings is 1. The van der Waals surface area contributed by atoms with Crippen LogP contribution in [0.25, 0.3) is 10.6 Å². The van der Waals surface area contributed by atoms with Crippen molar-refractivity contribution in [2.75, 3.05) is 12.4 Å². The highest BCUT2D eigenvalue weighted by atomic mass is 32.1. The van der Waals surface area contributed by atoms with Crippen LogP contribution in [-0.4, -0.2) is 24.0 Å². The number of methoxy groups -OCH3 is 1. The second kappa shape index (κ2) is 6.92. The summed E-state index contributed by atoms with van der Waals surface area (Å²) < 4.78 is 4.62. The fourth-order valence-electron chi connectivity index (χ4n) is 1.86. The van der Waals surface area contributed by atoms with E-state index in [1.807, 2.05) is 17.5 Å². The Balaban J connectivity index is 1.81. The molecule has 0 aliphatic heterocycles. The monoisotopic (exact) mass is 375 g/mol. The minimum absolute atomic E-state index is 0.341. The van der Waals surface area contributed by atoms with E-state index in [1.54, 1.807) is 6.07 Å². The summed E-state index contributed by atoms with van der Waals surface area (Å²) in [7, 11) is 1.28. The number of carbonyl (C=O) groups excluding carboxylic acids is 2. The molecule has 0 unspecified atom stereocenters. The number of anilines is 1. The van der Waals surface area contributed by atoms with Crippen molar-refractivity contribution in [2.24, 2.45) is 0 Å². The Morgan fingerprint density at radius 2 is 2.04 bits per heavy atom. The number of amides is 1. The summed E-state index contributed by atoms with van der Waals surface area (Å²) >= 11 is 3.62. The molecule has 3 aromatic heterocycles. The van der Waals surface area contributed by atoms with Crippen LogP contribution in [0, 0.1) is 11.3 Å². The molecule has 120 valence electrons. The summed E-state index contributed by atoms with van der Waals surface area (Å²) in [5, 5.41) is 14.1. The highest BCUT2D eigenvalue weighted by Gasteiger charge is 2.18. The molecule has 0 radical (unpaired) electrons. The highest BCUT2D eigenvalue weighted by Crippen LogP contribution is 2.33. The molecule has 0 bridgehead atoms.